The molecule has 2 aromatic carbocycles. The van der Waals surface area contributed by atoms with Gasteiger partial charge in [0.2, 0.25) is 0 Å². The highest BCUT2D eigenvalue weighted by molar-refractivity contribution is 6.06. The molecule has 0 aliphatic heterocycles. The van der Waals surface area contributed by atoms with E-state index in [1.54, 1.807) is 0 Å². The number of amides is 1. The Kier molecular flexibility index (Phi) is 5.53. The third kappa shape index (κ3) is 4.58. The molecule has 0 aliphatic rings. The zero-order valence-electron chi connectivity index (χ0n) is 13.4. The van der Waals surface area contributed by atoms with Crippen molar-refractivity contribution in [3.8, 4) is 6.07 Å². The summed E-state index contributed by atoms with van der Waals surface area (Å²) in [4.78, 5) is 14.0. The Balaban J connectivity index is 2.08. The number of hydrogen-bond donors (Lipinski definition) is 2. The van der Waals surface area contributed by atoms with Crippen LogP contribution < -0.4 is 15.5 Å². The minimum atomic E-state index is -0.569. The molecule has 0 unspecified atom stereocenters. The minimum Gasteiger partial charge on any atom is -0.378 e. The second kappa shape index (κ2) is 7.79. The van der Waals surface area contributed by atoms with Gasteiger partial charge in [-0.25, -0.2) is 4.39 Å². The van der Waals surface area contributed by atoms with Crippen LogP contribution in [-0.2, 0) is 4.79 Å². The van der Waals surface area contributed by atoms with Crippen molar-refractivity contribution in [2.45, 2.75) is 0 Å². The van der Waals surface area contributed by atoms with Crippen LogP contribution in [0.15, 0.2) is 60.3 Å². The molecule has 0 fully saturated rings. The summed E-state index contributed by atoms with van der Waals surface area (Å²) in [5.41, 5.74) is 2.07. The molecule has 0 heterocycles. The summed E-state index contributed by atoms with van der Waals surface area (Å²) in [5, 5.41) is 14.6. The number of carbonyl (C=O) groups excluding carboxylic acids is 1. The van der Waals surface area contributed by atoms with E-state index in [-0.39, 0.29) is 5.57 Å². The Bertz CT molecular complexity index is 791. The van der Waals surface area contributed by atoms with Gasteiger partial charge < -0.3 is 15.5 Å². The van der Waals surface area contributed by atoms with Gasteiger partial charge in [-0.15, -0.1) is 0 Å². The van der Waals surface area contributed by atoms with Crippen LogP contribution in [0.1, 0.15) is 0 Å². The van der Waals surface area contributed by atoms with Crippen LogP contribution in [0.3, 0.4) is 0 Å². The first-order valence-corrected chi connectivity index (χ1v) is 7.20. The first-order chi connectivity index (χ1) is 11.5. The lowest BCUT2D eigenvalue weighted by atomic mass is 10.2. The smallest absolute Gasteiger partial charge is 0.267 e. The average molecular weight is 324 g/mol. The number of nitrogens with zero attached hydrogens (tertiary/aromatic N) is 2. The van der Waals surface area contributed by atoms with Gasteiger partial charge >= 0.3 is 0 Å². The van der Waals surface area contributed by atoms with Crippen molar-refractivity contribution < 1.29 is 9.18 Å². The fraction of sp³-hybridized carbons (Fsp3) is 0.111. The highest BCUT2D eigenvalue weighted by Gasteiger charge is 2.09. The highest BCUT2D eigenvalue weighted by Crippen LogP contribution is 2.17. The topological polar surface area (TPSA) is 68.2 Å². The zero-order chi connectivity index (χ0) is 17.5. The largest absolute Gasteiger partial charge is 0.378 e. The number of hydrogen-bond acceptors (Lipinski definition) is 4. The van der Waals surface area contributed by atoms with Gasteiger partial charge in [-0.1, -0.05) is 6.07 Å². The molecule has 24 heavy (non-hydrogen) atoms. The molecule has 0 aliphatic carbocycles. The molecule has 5 nitrogen and oxygen atoms in total. The number of benzene rings is 2. The predicted octanol–water partition coefficient (Wildman–Crippen LogP) is 3.35. The molecule has 2 N–H and O–H groups in total. The van der Waals surface area contributed by atoms with E-state index < -0.39 is 11.7 Å². The van der Waals surface area contributed by atoms with Crippen molar-refractivity contribution in [3.05, 3.63) is 66.1 Å². The van der Waals surface area contributed by atoms with Crippen molar-refractivity contribution in [2.75, 3.05) is 29.6 Å². The number of carbonyl (C=O) groups is 1. The van der Waals surface area contributed by atoms with Gasteiger partial charge in [-0.2, -0.15) is 5.26 Å². The fourth-order valence-electron chi connectivity index (χ4n) is 1.91. The SMILES string of the molecule is CN(C)c1cccc(N/C=C(/C#N)C(=O)Nc2ccc(F)cc2)c1. The first-order valence-electron chi connectivity index (χ1n) is 7.20. The summed E-state index contributed by atoms with van der Waals surface area (Å²) in [6.07, 6.45) is 1.34. The molecule has 0 bridgehead atoms. The van der Waals surface area contributed by atoms with Crippen LogP contribution in [0.25, 0.3) is 0 Å². The molecule has 0 saturated carbocycles. The lowest BCUT2D eigenvalue weighted by molar-refractivity contribution is -0.112. The quantitative estimate of drug-likeness (QED) is 0.654. The van der Waals surface area contributed by atoms with Crippen LogP contribution in [0.5, 0.6) is 0 Å². The Morgan fingerprint density at radius 3 is 2.50 bits per heavy atom. The lowest BCUT2D eigenvalue weighted by Gasteiger charge is -2.13. The van der Waals surface area contributed by atoms with Gasteiger partial charge in [0.1, 0.15) is 17.5 Å². The van der Waals surface area contributed by atoms with Gasteiger partial charge in [0.05, 0.1) is 0 Å². The third-order valence-corrected chi connectivity index (χ3v) is 3.21. The monoisotopic (exact) mass is 324 g/mol. The molecule has 2 aromatic rings. The van der Waals surface area contributed by atoms with E-state index in [0.717, 1.165) is 11.4 Å². The van der Waals surface area contributed by atoms with Crippen molar-refractivity contribution in [3.63, 3.8) is 0 Å². The lowest BCUT2D eigenvalue weighted by Crippen LogP contribution is -2.14. The van der Waals surface area contributed by atoms with Gasteiger partial charge in [0, 0.05) is 37.4 Å². The Labute approximate surface area is 140 Å². The van der Waals surface area contributed by atoms with E-state index >= 15 is 0 Å². The van der Waals surface area contributed by atoms with E-state index in [4.69, 9.17) is 5.26 Å². The molecular weight excluding hydrogens is 307 g/mol. The van der Waals surface area contributed by atoms with E-state index in [1.807, 2.05) is 49.3 Å². The molecule has 122 valence electrons. The Morgan fingerprint density at radius 2 is 1.88 bits per heavy atom. The van der Waals surface area contributed by atoms with E-state index in [1.165, 1.54) is 30.5 Å². The molecular formula is C18H17FN4O. The molecule has 6 heteroatoms. The van der Waals surface area contributed by atoms with Gasteiger partial charge in [-0.3, -0.25) is 4.79 Å². The zero-order valence-corrected chi connectivity index (χ0v) is 13.4. The average Bonchev–Trinajstić information content (AvgIpc) is 2.57. The second-order valence-electron chi connectivity index (χ2n) is 5.22. The van der Waals surface area contributed by atoms with Crippen LogP contribution in [0.4, 0.5) is 21.5 Å². The summed E-state index contributed by atoms with van der Waals surface area (Å²) in [6.45, 7) is 0. The molecule has 1 amide bonds. The normalized spacial score (nSPS) is 10.7. The highest BCUT2D eigenvalue weighted by atomic mass is 19.1. The second-order valence-corrected chi connectivity index (χ2v) is 5.22. The van der Waals surface area contributed by atoms with Crippen molar-refractivity contribution in [1.82, 2.24) is 0 Å². The van der Waals surface area contributed by atoms with Crippen LogP contribution in [-0.4, -0.2) is 20.0 Å². The minimum absolute atomic E-state index is 0.0884. The summed E-state index contributed by atoms with van der Waals surface area (Å²) < 4.78 is 12.9. The van der Waals surface area contributed by atoms with Crippen LogP contribution in [0, 0.1) is 17.1 Å². The fourth-order valence-corrected chi connectivity index (χ4v) is 1.91. The molecule has 0 aromatic heterocycles. The maximum absolute atomic E-state index is 12.9. The number of rotatable bonds is 5. The number of nitriles is 1. The summed E-state index contributed by atoms with van der Waals surface area (Å²) in [7, 11) is 3.84. The van der Waals surface area contributed by atoms with Crippen molar-refractivity contribution in [2.24, 2.45) is 0 Å². The van der Waals surface area contributed by atoms with Gasteiger partial charge in [0.15, 0.2) is 0 Å². The molecule has 2 rings (SSSR count). The molecule has 0 radical (unpaired) electrons. The maximum atomic E-state index is 12.9. The van der Waals surface area contributed by atoms with Crippen LogP contribution in [0.2, 0.25) is 0 Å². The summed E-state index contributed by atoms with van der Waals surface area (Å²) in [6, 6.07) is 14.7. The first kappa shape index (κ1) is 17.0. The third-order valence-electron chi connectivity index (χ3n) is 3.21. The standard InChI is InChI=1S/C18H17FN4O/c1-23(2)17-5-3-4-16(10-17)21-12-13(11-20)18(24)22-15-8-6-14(19)7-9-15/h3-10,12,21H,1-2H3,(H,22,24)/b13-12-. The van der Waals surface area contributed by atoms with Crippen molar-refractivity contribution in [1.29, 1.82) is 5.26 Å². The molecule has 0 saturated heterocycles. The number of anilines is 3. The van der Waals surface area contributed by atoms with E-state index in [2.05, 4.69) is 10.6 Å². The molecule has 0 atom stereocenters. The van der Waals surface area contributed by atoms with Crippen molar-refractivity contribution >= 4 is 23.0 Å². The summed E-state index contributed by atoms with van der Waals surface area (Å²) >= 11 is 0. The predicted molar refractivity (Wildman–Crippen MR) is 93.1 cm³/mol. The van der Waals surface area contributed by atoms with Gasteiger partial charge in [0.25, 0.3) is 5.91 Å². The number of halogens is 1. The van der Waals surface area contributed by atoms with Crippen LogP contribution >= 0.6 is 0 Å². The molecule has 0 spiro atoms. The Morgan fingerprint density at radius 1 is 1.17 bits per heavy atom. The maximum Gasteiger partial charge on any atom is 0.267 e. The number of nitrogens with one attached hydrogen (secondary N) is 2. The van der Waals surface area contributed by atoms with Gasteiger partial charge in [-0.05, 0) is 42.5 Å². The Hall–Kier alpha value is -3.33. The van der Waals surface area contributed by atoms with E-state index in [0.29, 0.717) is 5.69 Å². The summed E-state index contributed by atoms with van der Waals surface area (Å²) in [5.74, 6) is -0.966. The van der Waals surface area contributed by atoms with E-state index in [9.17, 15) is 9.18 Å².